The van der Waals surface area contributed by atoms with Gasteiger partial charge < -0.3 is 5.11 Å². The Morgan fingerprint density at radius 2 is 2.29 bits per heavy atom. The van der Waals surface area contributed by atoms with E-state index in [1.807, 2.05) is 18.2 Å². The summed E-state index contributed by atoms with van der Waals surface area (Å²) in [5.41, 5.74) is 0. The van der Waals surface area contributed by atoms with E-state index in [1.54, 1.807) is 7.05 Å². The maximum Gasteiger partial charge on any atom is 0.112 e. The smallest absolute Gasteiger partial charge is 0.112 e. The first-order valence-corrected chi connectivity index (χ1v) is 6.61. The van der Waals surface area contributed by atoms with Crippen LogP contribution in [0.1, 0.15) is 26.7 Å². The molecule has 0 radical (unpaired) electrons. The summed E-state index contributed by atoms with van der Waals surface area (Å²) in [6, 6.07) is 0.0357. The van der Waals surface area contributed by atoms with Gasteiger partial charge in [0.25, 0.3) is 0 Å². The van der Waals surface area contributed by atoms with E-state index < -0.39 is 9.92 Å². The van der Waals surface area contributed by atoms with Crippen LogP contribution in [0.25, 0.3) is 0 Å². The topological polar surface area (TPSA) is 52.9 Å². The zero-order chi connectivity index (χ0) is 10.8. The Kier molecular flexibility index (Phi) is 3.92. The molecular formula is C9H20N2O2S. The summed E-state index contributed by atoms with van der Waals surface area (Å²) < 4.78 is 18.4. The maximum absolute atomic E-state index is 12.5. The quantitative estimate of drug-likeness (QED) is 0.767. The molecule has 0 aliphatic carbocycles. The lowest BCUT2D eigenvalue weighted by molar-refractivity contribution is 0.216. The van der Waals surface area contributed by atoms with Crippen LogP contribution in [0.15, 0.2) is 4.36 Å². The Morgan fingerprint density at radius 1 is 1.64 bits per heavy atom. The van der Waals surface area contributed by atoms with Crippen molar-refractivity contribution >= 4 is 9.92 Å². The van der Waals surface area contributed by atoms with Crippen LogP contribution in [-0.4, -0.2) is 45.1 Å². The van der Waals surface area contributed by atoms with Crippen molar-refractivity contribution in [3.63, 3.8) is 0 Å². The number of nitrogens with zero attached hydrogens (tertiary/aromatic N) is 2. The molecule has 84 valence electrons. The molecule has 1 unspecified atom stereocenters. The molecule has 4 nitrogen and oxygen atoms in total. The molecule has 1 rings (SSSR count). The minimum absolute atomic E-state index is 0.0136. The highest BCUT2D eigenvalue weighted by Gasteiger charge is 2.33. The third-order valence-corrected chi connectivity index (χ3v) is 5.65. The lowest BCUT2D eigenvalue weighted by Crippen LogP contribution is -2.41. The molecular weight excluding hydrogens is 200 g/mol. The monoisotopic (exact) mass is 220 g/mol. The summed E-state index contributed by atoms with van der Waals surface area (Å²) in [4.78, 5) is 0. The Morgan fingerprint density at radius 3 is 2.71 bits per heavy atom. The first-order valence-electron chi connectivity index (χ1n) is 5.08. The van der Waals surface area contributed by atoms with Crippen molar-refractivity contribution < 1.29 is 9.32 Å². The molecule has 0 saturated carbocycles. The SMILES string of the molecule is CN=S(=O)(C(C)C)N1CCC[C@@H]1CO. The molecule has 0 aromatic carbocycles. The van der Waals surface area contributed by atoms with E-state index in [-0.39, 0.29) is 17.9 Å². The van der Waals surface area contributed by atoms with Gasteiger partial charge in [-0.3, -0.25) is 0 Å². The van der Waals surface area contributed by atoms with Crippen LogP contribution in [0.5, 0.6) is 0 Å². The molecule has 14 heavy (non-hydrogen) atoms. The van der Waals surface area contributed by atoms with Crippen molar-refractivity contribution in [2.45, 2.75) is 38.0 Å². The van der Waals surface area contributed by atoms with Gasteiger partial charge in [-0.25, -0.2) is 12.9 Å². The standard InChI is InChI=1S/C9H20N2O2S/c1-8(2)14(13,10-3)11-6-4-5-9(11)7-12/h8-9,12H,4-7H2,1-3H3/t9-,14?/m1/s1. The minimum atomic E-state index is -2.28. The molecule has 1 saturated heterocycles. The molecule has 1 aliphatic heterocycles. The molecule has 2 atom stereocenters. The highest BCUT2D eigenvalue weighted by atomic mass is 32.2. The molecule has 1 fully saturated rings. The maximum atomic E-state index is 12.5. The van der Waals surface area contributed by atoms with Gasteiger partial charge >= 0.3 is 0 Å². The Balaban J connectivity index is 2.96. The third-order valence-electron chi connectivity index (χ3n) is 2.75. The zero-order valence-electron chi connectivity index (χ0n) is 9.14. The first-order chi connectivity index (χ1) is 6.56. The van der Waals surface area contributed by atoms with Crippen molar-refractivity contribution in [1.82, 2.24) is 4.31 Å². The van der Waals surface area contributed by atoms with Crippen LogP contribution in [0.4, 0.5) is 0 Å². The van der Waals surface area contributed by atoms with Crippen molar-refractivity contribution in [3.8, 4) is 0 Å². The predicted molar refractivity (Wildman–Crippen MR) is 58.4 cm³/mol. The van der Waals surface area contributed by atoms with E-state index in [4.69, 9.17) is 5.11 Å². The van der Waals surface area contributed by atoms with Gasteiger partial charge in [0, 0.05) is 19.6 Å². The van der Waals surface area contributed by atoms with E-state index >= 15 is 0 Å². The first kappa shape index (κ1) is 11.9. The number of hydrogen-bond acceptors (Lipinski definition) is 3. The highest BCUT2D eigenvalue weighted by Crippen LogP contribution is 2.24. The summed E-state index contributed by atoms with van der Waals surface area (Å²) in [6.07, 6.45) is 1.93. The largest absolute Gasteiger partial charge is 0.395 e. The molecule has 5 heteroatoms. The number of aliphatic hydroxyl groups excluding tert-OH is 1. The van der Waals surface area contributed by atoms with Crippen LogP contribution in [0, 0.1) is 0 Å². The molecule has 0 spiro atoms. The van der Waals surface area contributed by atoms with E-state index in [9.17, 15) is 4.21 Å². The Hall–Kier alpha value is -0.130. The average molecular weight is 220 g/mol. The second-order valence-corrected chi connectivity index (χ2v) is 6.74. The fourth-order valence-electron chi connectivity index (χ4n) is 1.92. The summed E-state index contributed by atoms with van der Waals surface area (Å²) >= 11 is 0. The normalized spacial score (nSPS) is 27.9. The van der Waals surface area contributed by atoms with E-state index in [0.717, 1.165) is 19.4 Å². The average Bonchev–Trinajstić information content (AvgIpc) is 2.64. The number of aliphatic hydroxyl groups is 1. The second-order valence-electron chi connectivity index (χ2n) is 3.89. The molecule has 0 bridgehead atoms. The molecule has 0 amide bonds. The van der Waals surface area contributed by atoms with Gasteiger partial charge in [-0.05, 0) is 26.7 Å². The van der Waals surface area contributed by atoms with E-state index in [1.165, 1.54) is 0 Å². The lowest BCUT2D eigenvalue weighted by Gasteiger charge is -2.28. The third kappa shape index (κ3) is 1.94. The minimum Gasteiger partial charge on any atom is -0.395 e. The number of rotatable bonds is 3. The van der Waals surface area contributed by atoms with Crippen LogP contribution in [0.3, 0.4) is 0 Å². The molecule has 1 aliphatic rings. The fraction of sp³-hybridized carbons (Fsp3) is 1.00. The van der Waals surface area contributed by atoms with E-state index in [0.29, 0.717) is 0 Å². The van der Waals surface area contributed by atoms with E-state index in [2.05, 4.69) is 4.36 Å². The second kappa shape index (κ2) is 4.59. The summed E-state index contributed by atoms with van der Waals surface area (Å²) in [5.74, 6) is 0. The van der Waals surface area contributed by atoms with Crippen LogP contribution in [0.2, 0.25) is 0 Å². The molecule has 0 aromatic heterocycles. The molecule has 1 heterocycles. The van der Waals surface area contributed by atoms with Gasteiger partial charge in [-0.15, -0.1) is 0 Å². The van der Waals surface area contributed by atoms with Crippen molar-refractivity contribution in [2.75, 3.05) is 20.2 Å². The van der Waals surface area contributed by atoms with Crippen molar-refractivity contribution in [1.29, 1.82) is 0 Å². The Bertz CT molecular complexity index is 295. The zero-order valence-corrected chi connectivity index (χ0v) is 9.96. The van der Waals surface area contributed by atoms with Gasteiger partial charge in [0.1, 0.15) is 9.92 Å². The molecule has 0 aromatic rings. The summed E-state index contributed by atoms with van der Waals surface area (Å²) in [7, 11) is -0.679. The lowest BCUT2D eigenvalue weighted by atomic mass is 10.2. The van der Waals surface area contributed by atoms with Gasteiger partial charge in [0.05, 0.1) is 11.9 Å². The van der Waals surface area contributed by atoms with Gasteiger partial charge in [-0.2, -0.15) is 0 Å². The van der Waals surface area contributed by atoms with Crippen molar-refractivity contribution in [3.05, 3.63) is 0 Å². The van der Waals surface area contributed by atoms with Crippen LogP contribution >= 0.6 is 0 Å². The predicted octanol–water partition coefficient (Wildman–Crippen LogP) is 0.864. The van der Waals surface area contributed by atoms with Crippen LogP contribution in [-0.2, 0) is 9.92 Å². The number of hydrogen-bond donors (Lipinski definition) is 1. The van der Waals surface area contributed by atoms with Gasteiger partial charge in [0.15, 0.2) is 0 Å². The summed E-state index contributed by atoms with van der Waals surface area (Å²) in [5, 5.41) is 9.18. The van der Waals surface area contributed by atoms with Gasteiger partial charge in [0.2, 0.25) is 0 Å². The fourth-order valence-corrected chi connectivity index (χ4v) is 4.09. The highest BCUT2D eigenvalue weighted by molar-refractivity contribution is 7.91. The van der Waals surface area contributed by atoms with Crippen LogP contribution < -0.4 is 0 Å². The molecule has 1 N–H and O–H groups in total. The Labute approximate surface area is 86.6 Å². The summed E-state index contributed by atoms with van der Waals surface area (Å²) in [6.45, 7) is 4.71. The van der Waals surface area contributed by atoms with Crippen molar-refractivity contribution in [2.24, 2.45) is 4.36 Å². The van der Waals surface area contributed by atoms with Gasteiger partial charge in [-0.1, -0.05) is 0 Å².